The molecule has 1 N–H and O–H groups in total. The predicted molar refractivity (Wildman–Crippen MR) is 65.1 cm³/mol. The normalized spacial score (nSPS) is 23.6. The summed E-state index contributed by atoms with van der Waals surface area (Å²) in [4.78, 5) is 0. The van der Waals surface area contributed by atoms with E-state index in [2.05, 4.69) is 11.4 Å². The van der Waals surface area contributed by atoms with Crippen molar-refractivity contribution in [2.45, 2.75) is 31.9 Å². The second-order valence-corrected chi connectivity index (χ2v) is 4.10. The van der Waals surface area contributed by atoms with Crippen molar-refractivity contribution < 1.29 is 9.47 Å². The van der Waals surface area contributed by atoms with Crippen LogP contribution < -0.4 is 10.1 Å². The van der Waals surface area contributed by atoms with Gasteiger partial charge in [0, 0.05) is 13.2 Å². The van der Waals surface area contributed by atoms with Gasteiger partial charge in [-0.3, -0.25) is 0 Å². The summed E-state index contributed by atoms with van der Waals surface area (Å²) in [7, 11) is 1.77. The van der Waals surface area contributed by atoms with Gasteiger partial charge in [-0.15, -0.1) is 0 Å². The van der Waals surface area contributed by atoms with E-state index in [1.54, 1.807) is 7.11 Å². The molecule has 1 saturated carbocycles. The molecule has 3 heteroatoms. The van der Waals surface area contributed by atoms with Crippen LogP contribution in [0.5, 0.6) is 5.75 Å². The van der Waals surface area contributed by atoms with E-state index in [9.17, 15) is 0 Å². The maximum atomic E-state index is 5.57. The van der Waals surface area contributed by atoms with E-state index in [1.807, 2.05) is 25.1 Å². The summed E-state index contributed by atoms with van der Waals surface area (Å²) in [6.07, 6.45) is 2.59. The van der Waals surface area contributed by atoms with Gasteiger partial charge in [-0.05, 0) is 31.9 Å². The molecule has 2 rings (SSSR count). The topological polar surface area (TPSA) is 30.5 Å². The summed E-state index contributed by atoms with van der Waals surface area (Å²) in [5.41, 5.74) is 1.09. The lowest BCUT2D eigenvalue weighted by atomic mass is 9.89. The van der Waals surface area contributed by atoms with Gasteiger partial charge in [0.25, 0.3) is 0 Å². The van der Waals surface area contributed by atoms with E-state index >= 15 is 0 Å². The highest BCUT2D eigenvalue weighted by atomic mass is 16.5. The molecule has 88 valence electrons. The molecule has 0 heterocycles. The van der Waals surface area contributed by atoms with Crippen LogP contribution in [0.15, 0.2) is 24.3 Å². The average Bonchev–Trinajstić information content (AvgIpc) is 2.25. The van der Waals surface area contributed by atoms with Gasteiger partial charge in [-0.25, -0.2) is 0 Å². The summed E-state index contributed by atoms with van der Waals surface area (Å²) in [5, 5.41) is 3.49. The number of rotatable bonds is 5. The molecule has 0 radical (unpaired) electrons. The molecule has 1 aromatic rings. The van der Waals surface area contributed by atoms with Crippen molar-refractivity contribution >= 4 is 5.69 Å². The van der Waals surface area contributed by atoms with Crippen LogP contribution in [-0.2, 0) is 4.74 Å². The Morgan fingerprint density at radius 3 is 2.75 bits per heavy atom. The zero-order valence-corrected chi connectivity index (χ0v) is 9.90. The molecule has 16 heavy (non-hydrogen) atoms. The predicted octanol–water partition coefficient (Wildman–Crippen LogP) is 2.67. The third kappa shape index (κ3) is 2.47. The lowest BCUT2D eigenvalue weighted by Crippen LogP contribution is -2.40. The molecule has 1 fully saturated rings. The van der Waals surface area contributed by atoms with Crippen molar-refractivity contribution in [2.24, 2.45) is 0 Å². The van der Waals surface area contributed by atoms with Crippen molar-refractivity contribution in [1.82, 2.24) is 0 Å². The van der Waals surface area contributed by atoms with E-state index < -0.39 is 0 Å². The molecule has 0 amide bonds. The first kappa shape index (κ1) is 11.3. The van der Waals surface area contributed by atoms with E-state index in [4.69, 9.17) is 9.47 Å². The summed E-state index contributed by atoms with van der Waals surface area (Å²) >= 11 is 0. The fourth-order valence-electron chi connectivity index (χ4n) is 1.96. The first-order chi connectivity index (χ1) is 7.83. The lowest BCUT2D eigenvalue weighted by Gasteiger charge is -2.35. The monoisotopic (exact) mass is 221 g/mol. The van der Waals surface area contributed by atoms with Gasteiger partial charge in [0.15, 0.2) is 0 Å². The molecular weight excluding hydrogens is 202 g/mol. The van der Waals surface area contributed by atoms with Crippen molar-refractivity contribution in [3.63, 3.8) is 0 Å². The van der Waals surface area contributed by atoms with Gasteiger partial charge >= 0.3 is 0 Å². The number of para-hydroxylation sites is 2. The Kier molecular flexibility index (Phi) is 3.67. The molecule has 0 atom stereocenters. The Bertz CT molecular complexity index is 334. The standard InChI is InChI=1S/C13H19NO2/c1-3-16-13-7-5-4-6-12(13)14-10-8-11(9-10)15-2/h4-7,10-11,14H,3,8-9H2,1-2H3. The fourth-order valence-corrected chi connectivity index (χ4v) is 1.96. The summed E-state index contributed by atoms with van der Waals surface area (Å²) < 4.78 is 10.8. The van der Waals surface area contributed by atoms with Crippen LogP contribution in [0.2, 0.25) is 0 Å². The van der Waals surface area contributed by atoms with Crippen molar-refractivity contribution in [2.75, 3.05) is 19.0 Å². The fraction of sp³-hybridized carbons (Fsp3) is 0.538. The maximum absolute atomic E-state index is 5.57. The first-order valence-corrected chi connectivity index (χ1v) is 5.84. The Hall–Kier alpha value is -1.22. The van der Waals surface area contributed by atoms with Crippen molar-refractivity contribution in [1.29, 1.82) is 0 Å². The lowest BCUT2D eigenvalue weighted by molar-refractivity contribution is 0.0328. The van der Waals surface area contributed by atoms with Crippen LogP contribution in [0.4, 0.5) is 5.69 Å². The summed E-state index contributed by atoms with van der Waals surface area (Å²) in [6, 6.07) is 8.60. The number of hydrogen-bond acceptors (Lipinski definition) is 3. The SMILES string of the molecule is CCOc1ccccc1NC1CC(OC)C1. The number of ether oxygens (including phenoxy) is 2. The summed E-state index contributed by atoms with van der Waals surface area (Å²) in [6.45, 7) is 2.70. The van der Waals surface area contributed by atoms with Gasteiger partial charge in [0.1, 0.15) is 5.75 Å². The third-order valence-electron chi connectivity index (χ3n) is 2.97. The Balaban J connectivity index is 1.93. The van der Waals surface area contributed by atoms with Crippen molar-refractivity contribution in [3.05, 3.63) is 24.3 Å². The molecule has 0 unspecified atom stereocenters. The molecule has 3 nitrogen and oxygen atoms in total. The van der Waals surface area contributed by atoms with Crippen LogP contribution in [0.3, 0.4) is 0 Å². The minimum absolute atomic E-state index is 0.428. The molecule has 0 aliphatic heterocycles. The van der Waals surface area contributed by atoms with Crippen LogP contribution in [0.1, 0.15) is 19.8 Å². The zero-order valence-electron chi connectivity index (χ0n) is 9.90. The quantitative estimate of drug-likeness (QED) is 0.829. The number of methoxy groups -OCH3 is 1. The second-order valence-electron chi connectivity index (χ2n) is 4.10. The van der Waals surface area contributed by atoms with Gasteiger partial charge < -0.3 is 14.8 Å². The zero-order chi connectivity index (χ0) is 11.4. The summed E-state index contributed by atoms with van der Waals surface area (Å²) in [5.74, 6) is 0.936. The van der Waals surface area contributed by atoms with E-state index in [0.717, 1.165) is 24.3 Å². The molecule has 0 aromatic heterocycles. The van der Waals surface area contributed by atoms with Crippen molar-refractivity contribution in [3.8, 4) is 5.75 Å². The second kappa shape index (κ2) is 5.21. The Morgan fingerprint density at radius 1 is 1.31 bits per heavy atom. The van der Waals surface area contributed by atoms with Gasteiger partial charge in [0.2, 0.25) is 0 Å². The molecule has 0 bridgehead atoms. The number of benzene rings is 1. The average molecular weight is 221 g/mol. The Labute approximate surface area is 96.8 Å². The molecule has 0 spiro atoms. The minimum Gasteiger partial charge on any atom is -0.492 e. The highest BCUT2D eigenvalue weighted by molar-refractivity contribution is 5.57. The third-order valence-corrected chi connectivity index (χ3v) is 2.97. The smallest absolute Gasteiger partial charge is 0.142 e. The van der Waals surface area contributed by atoms with E-state index in [-0.39, 0.29) is 0 Å². The Morgan fingerprint density at radius 2 is 2.06 bits per heavy atom. The number of hydrogen-bond donors (Lipinski definition) is 1. The van der Waals surface area contributed by atoms with Gasteiger partial charge in [-0.2, -0.15) is 0 Å². The van der Waals surface area contributed by atoms with Gasteiger partial charge in [0.05, 0.1) is 18.4 Å². The van der Waals surface area contributed by atoms with Crippen LogP contribution in [0, 0.1) is 0 Å². The van der Waals surface area contributed by atoms with Crippen LogP contribution in [-0.4, -0.2) is 25.9 Å². The first-order valence-electron chi connectivity index (χ1n) is 5.84. The highest BCUT2D eigenvalue weighted by Gasteiger charge is 2.29. The highest BCUT2D eigenvalue weighted by Crippen LogP contribution is 2.30. The number of nitrogens with one attached hydrogen (secondary N) is 1. The molecule has 1 aromatic carbocycles. The van der Waals surface area contributed by atoms with Gasteiger partial charge in [-0.1, -0.05) is 12.1 Å². The minimum atomic E-state index is 0.428. The van der Waals surface area contributed by atoms with Crippen LogP contribution in [0.25, 0.3) is 0 Å². The van der Waals surface area contributed by atoms with E-state index in [1.165, 1.54) is 0 Å². The molecule has 1 aliphatic carbocycles. The molecular formula is C13H19NO2. The molecule has 0 saturated heterocycles. The maximum Gasteiger partial charge on any atom is 0.142 e. The number of anilines is 1. The van der Waals surface area contributed by atoms with E-state index in [0.29, 0.717) is 18.8 Å². The van der Waals surface area contributed by atoms with Crippen LogP contribution >= 0.6 is 0 Å². The molecule has 1 aliphatic rings. The largest absolute Gasteiger partial charge is 0.492 e.